The maximum atomic E-state index is 13.4. The van der Waals surface area contributed by atoms with Gasteiger partial charge in [-0.1, -0.05) is 51.8 Å². The number of carbonyl (C=O) groups is 2. The Bertz CT molecular complexity index is 739. The lowest BCUT2D eigenvalue weighted by Gasteiger charge is -2.57. The summed E-state index contributed by atoms with van der Waals surface area (Å²) in [6.45, 7) is 10.5. The largest absolute Gasteiger partial charge is 0.464 e. The molecule has 30 heavy (non-hydrogen) atoms. The molecule has 0 bridgehead atoms. The van der Waals surface area contributed by atoms with Crippen molar-refractivity contribution in [1.29, 1.82) is 0 Å². The molecule has 5 nitrogen and oxygen atoms in total. The molecule has 5 heteroatoms. The Balaban J connectivity index is 1.86. The number of fused-ring (bicyclic) bond motifs is 3. The number of allylic oxidation sites excluding steroid dienone is 4. The van der Waals surface area contributed by atoms with Crippen molar-refractivity contribution >= 4 is 11.9 Å². The van der Waals surface area contributed by atoms with E-state index in [-0.39, 0.29) is 23.8 Å². The molecule has 3 aliphatic carbocycles. The Morgan fingerprint density at radius 3 is 2.67 bits per heavy atom. The summed E-state index contributed by atoms with van der Waals surface area (Å²) in [5.41, 5.74) is 2.52. The van der Waals surface area contributed by atoms with Crippen molar-refractivity contribution in [2.45, 2.75) is 79.2 Å². The van der Waals surface area contributed by atoms with Gasteiger partial charge in [0, 0.05) is 0 Å². The number of amides is 1. The lowest BCUT2D eigenvalue weighted by molar-refractivity contribution is -0.154. The molecule has 0 heterocycles. The monoisotopic (exact) mass is 417 g/mol. The van der Waals surface area contributed by atoms with Crippen molar-refractivity contribution in [3.63, 3.8) is 0 Å². The summed E-state index contributed by atoms with van der Waals surface area (Å²) < 4.78 is 5.01. The van der Waals surface area contributed by atoms with E-state index in [1.54, 1.807) is 6.92 Å². The second kappa shape index (κ2) is 8.86. The van der Waals surface area contributed by atoms with Gasteiger partial charge >= 0.3 is 5.97 Å². The maximum Gasteiger partial charge on any atom is 0.331 e. The lowest BCUT2D eigenvalue weighted by Crippen LogP contribution is -2.58. The number of esters is 1. The highest BCUT2D eigenvalue weighted by Gasteiger charge is 2.57. The van der Waals surface area contributed by atoms with Crippen molar-refractivity contribution < 1.29 is 19.4 Å². The minimum absolute atomic E-state index is 0.0755. The van der Waals surface area contributed by atoms with E-state index in [9.17, 15) is 14.7 Å². The molecule has 1 saturated carbocycles. The first-order valence-electron chi connectivity index (χ1n) is 11.7. The minimum atomic E-state index is -0.997. The molecule has 5 atom stereocenters. The maximum absolute atomic E-state index is 13.4. The number of aliphatic hydroxyl groups excluding tert-OH is 1. The number of rotatable bonds is 6. The van der Waals surface area contributed by atoms with E-state index in [1.165, 1.54) is 11.1 Å². The van der Waals surface area contributed by atoms with Gasteiger partial charge in [-0.25, -0.2) is 4.79 Å². The second-order valence-corrected chi connectivity index (χ2v) is 10.2. The number of ether oxygens (including phenoxy) is 1. The second-order valence-electron chi connectivity index (χ2n) is 10.2. The molecular formula is C25H39NO4. The summed E-state index contributed by atoms with van der Waals surface area (Å²) in [5, 5.41) is 12.4. The molecule has 0 aliphatic heterocycles. The van der Waals surface area contributed by atoms with Crippen LogP contribution in [0.2, 0.25) is 0 Å². The number of hydrogen-bond acceptors (Lipinski definition) is 4. The molecule has 1 amide bonds. The highest BCUT2D eigenvalue weighted by atomic mass is 16.5. The quantitative estimate of drug-likeness (QED) is 0.636. The molecular weight excluding hydrogens is 378 g/mol. The first-order chi connectivity index (χ1) is 14.2. The van der Waals surface area contributed by atoms with Gasteiger partial charge in [-0.05, 0) is 67.8 Å². The predicted octanol–water partition coefficient (Wildman–Crippen LogP) is 4.16. The third-order valence-electron chi connectivity index (χ3n) is 8.16. The fraction of sp³-hybridized carbons (Fsp3) is 0.760. The third kappa shape index (κ3) is 3.98. The van der Waals surface area contributed by atoms with Crippen LogP contribution in [0.3, 0.4) is 0 Å². The molecule has 168 valence electrons. The predicted molar refractivity (Wildman–Crippen MR) is 118 cm³/mol. The van der Waals surface area contributed by atoms with E-state index in [0.29, 0.717) is 11.8 Å². The fourth-order valence-electron chi connectivity index (χ4n) is 6.36. The van der Waals surface area contributed by atoms with Crippen LogP contribution >= 0.6 is 0 Å². The van der Waals surface area contributed by atoms with Crippen LogP contribution in [0, 0.1) is 28.6 Å². The Morgan fingerprint density at radius 1 is 1.30 bits per heavy atom. The molecule has 0 aromatic carbocycles. The average molecular weight is 418 g/mol. The van der Waals surface area contributed by atoms with Crippen molar-refractivity contribution in [2.24, 2.45) is 28.6 Å². The molecule has 1 fully saturated rings. The van der Waals surface area contributed by atoms with E-state index in [0.717, 1.165) is 38.5 Å². The Morgan fingerprint density at radius 2 is 2.03 bits per heavy atom. The average Bonchev–Trinajstić information content (AvgIpc) is 2.71. The highest BCUT2D eigenvalue weighted by molar-refractivity contribution is 5.88. The number of carbonyl (C=O) groups excluding carboxylic acids is 2. The third-order valence-corrected chi connectivity index (χ3v) is 8.16. The normalized spacial score (nSPS) is 34.2. The molecule has 3 aliphatic rings. The molecule has 0 spiro atoms. The van der Waals surface area contributed by atoms with E-state index in [1.807, 2.05) is 0 Å². The van der Waals surface area contributed by atoms with Gasteiger partial charge in [-0.3, -0.25) is 4.79 Å². The van der Waals surface area contributed by atoms with Crippen LogP contribution in [0.25, 0.3) is 0 Å². The van der Waals surface area contributed by atoms with Crippen LogP contribution in [-0.4, -0.2) is 36.2 Å². The summed E-state index contributed by atoms with van der Waals surface area (Å²) in [5.74, 6) is 0.600. The van der Waals surface area contributed by atoms with Gasteiger partial charge in [0.05, 0.1) is 18.6 Å². The Labute approximate surface area is 181 Å². The van der Waals surface area contributed by atoms with Gasteiger partial charge in [0.1, 0.15) is 0 Å². The first kappa shape index (κ1) is 23.1. The smallest absolute Gasteiger partial charge is 0.331 e. The van der Waals surface area contributed by atoms with Crippen molar-refractivity contribution in [3.8, 4) is 0 Å². The van der Waals surface area contributed by atoms with Gasteiger partial charge in [0.25, 0.3) is 0 Å². The van der Waals surface area contributed by atoms with E-state index >= 15 is 0 Å². The van der Waals surface area contributed by atoms with Crippen LogP contribution in [0.4, 0.5) is 0 Å². The van der Waals surface area contributed by atoms with Crippen molar-refractivity contribution in [1.82, 2.24) is 5.32 Å². The molecule has 0 saturated heterocycles. The van der Waals surface area contributed by atoms with Gasteiger partial charge in [-0.15, -0.1) is 0 Å². The van der Waals surface area contributed by atoms with Gasteiger partial charge in [-0.2, -0.15) is 0 Å². The topological polar surface area (TPSA) is 75.6 Å². The van der Waals surface area contributed by atoms with Crippen LogP contribution in [0.5, 0.6) is 0 Å². The minimum Gasteiger partial charge on any atom is -0.464 e. The first-order valence-corrected chi connectivity index (χ1v) is 11.7. The highest BCUT2D eigenvalue weighted by Crippen LogP contribution is 2.62. The van der Waals surface area contributed by atoms with Crippen molar-refractivity contribution in [2.75, 3.05) is 13.2 Å². The Hall–Kier alpha value is -1.62. The molecule has 2 N–H and O–H groups in total. The van der Waals surface area contributed by atoms with Crippen LogP contribution in [0.15, 0.2) is 23.3 Å². The summed E-state index contributed by atoms with van der Waals surface area (Å²) >= 11 is 0. The summed E-state index contributed by atoms with van der Waals surface area (Å²) in [4.78, 5) is 25.5. The molecule has 0 radical (unpaired) electrons. The number of hydrogen-bond donors (Lipinski definition) is 2. The van der Waals surface area contributed by atoms with Gasteiger partial charge < -0.3 is 15.2 Å². The van der Waals surface area contributed by atoms with Gasteiger partial charge in [0.15, 0.2) is 6.04 Å². The number of aliphatic hydroxyl groups is 1. The molecule has 2 unspecified atom stereocenters. The van der Waals surface area contributed by atoms with E-state index in [4.69, 9.17) is 4.74 Å². The van der Waals surface area contributed by atoms with Crippen LogP contribution < -0.4 is 5.32 Å². The lowest BCUT2D eigenvalue weighted by atomic mass is 9.46. The summed E-state index contributed by atoms with van der Waals surface area (Å²) in [6, 6.07) is -0.997. The zero-order valence-electron chi connectivity index (χ0n) is 19.3. The Kier molecular flexibility index (Phi) is 6.81. The molecule has 0 aromatic heterocycles. The van der Waals surface area contributed by atoms with E-state index < -0.39 is 24.0 Å². The zero-order valence-corrected chi connectivity index (χ0v) is 19.3. The summed E-state index contributed by atoms with van der Waals surface area (Å²) in [7, 11) is 0. The number of nitrogens with one attached hydrogen (secondary N) is 1. The van der Waals surface area contributed by atoms with Crippen LogP contribution in [-0.2, 0) is 14.3 Å². The zero-order chi connectivity index (χ0) is 22.1. The van der Waals surface area contributed by atoms with Crippen LogP contribution in [0.1, 0.15) is 73.1 Å². The van der Waals surface area contributed by atoms with E-state index in [2.05, 4.69) is 45.2 Å². The standard InChI is InChI=1S/C25H39NO4/c1-6-30-22(28)20(15-27)26-23(29)25(5)13-7-12-24(4)19-10-8-17(16(2)3)14-18(19)9-11-21(24)25/h9,14,16,19-21,27H,6-8,10-13,15H2,1-5H3,(H,26,29)/t19-,20?,21?,24-,25+/m1/s1. The molecule has 3 rings (SSSR count). The van der Waals surface area contributed by atoms with Gasteiger partial charge in [0.2, 0.25) is 5.91 Å². The van der Waals surface area contributed by atoms with Crippen molar-refractivity contribution in [3.05, 3.63) is 23.3 Å². The SMILES string of the molecule is CCOC(=O)C(CO)NC(=O)[C@@]1(C)CCC[C@@]2(C)C1CC=C1C=C(C(C)C)CC[C@H]12. The fourth-order valence-corrected chi connectivity index (χ4v) is 6.36. The molecule has 0 aromatic rings. The summed E-state index contributed by atoms with van der Waals surface area (Å²) in [6.07, 6.45) is 10.9.